The van der Waals surface area contributed by atoms with E-state index in [1.54, 1.807) is 6.92 Å². The van der Waals surface area contributed by atoms with Crippen molar-refractivity contribution >= 4 is 23.7 Å². The third kappa shape index (κ3) is 9.42. The van der Waals surface area contributed by atoms with E-state index in [0.29, 0.717) is 6.42 Å². The van der Waals surface area contributed by atoms with Gasteiger partial charge in [-0.3, -0.25) is 19.2 Å². The molecule has 21 heavy (non-hydrogen) atoms. The smallest absolute Gasteiger partial charge is 0.303 e. The maximum atomic E-state index is 12.0. The van der Waals surface area contributed by atoms with Crippen molar-refractivity contribution in [2.75, 3.05) is 0 Å². The second kappa shape index (κ2) is 9.73. The third-order valence-electron chi connectivity index (χ3n) is 2.71. The van der Waals surface area contributed by atoms with Crippen molar-refractivity contribution in [2.45, 2.75) is 58.0 Å². The number of aliphatic carboxylic acids is 1. The standard InChI is InChI=1S/C13H23N3O5/c1-3-4-11(18)16-9(7-10(14)17)13(21)15-8(2)5-6-12(19)20/h8-9H,3-7H2,1-2H3,(H2,14,17)(H,15,21)(H,16,18)(H,19,20). The predicted molar refractivity (Wildman–Crippen MR) is 75.1 cm³/mol. The lowest BCUT2D eigenvalue weighted by molar-refractivity contribution is -0.137. The largest absolute Gasteiger partial charge is 0.481 e. The molecule has 3 amide bonds. The van der Waals surface area contributed by atoms with E-state index >= 15 is 0 Å². The van der Waals surface area contributed by atoms with Gasteiger partial charge in [0.2, 0.25) is 17.7 Å². The van der Waals surface area contributed by atoms with Gasteiger partial charge in [-0.25, -0.2) is 0 Å². The second-order valence-electron chi connectivity index (χ2n) is 4.88. The molecule has 0 aromatic rings. The summed E-state index contributed by atoms with van der Waals surface area (Å²) in [5.41, 5.74) is 5.06. The molecular weight excluding hydrogens is 278 g/mol. The van der Waals surface area contributed by atoms with Crippen molar-refractivity contribution in [3.63, 3.8) is 0 Å². The van der Waals surface area contributed by atoms with Crippen LogP contribution in [0.3, 0.4) is 0 Å². The molecule has 0 bridgehead atoms. The predicted octanol–water partition coefficient (Wildman–Crippen LogP) is -0.484. The maximum absolute atomic E-state index is 12.0. The third-order valence-corrected chi connectivity index (χ3v) is 2.71. The molecule has 2 unspecified atom stereocenters. The summed E-state index contributed by atoms with van der Waals surface area (Å²) in [4.78, 5) is 44.9. The Morgan fingerprint density at radius 2 is 1.76 bits per heavy atom. The van der Waals surface area contributed by atoms with Crippen molar-refractivity contribution in [1.29, 1.82) is 0 Å². The van der Waals surface area contributed by atoms with E-state index in [1.165, 1.54) is 0 Å². The van der Waals surface area contributed by atoms with Gasteiger partial charge in [0, 0.05) is 18.9 Å². The van der Waals surface area contributed by atoms with Crippen LogP contribution in [0.4, 0.5) is 0 Å². The first-order chi connectivity index (χ1) is 9.76. The summed E-state index contributed by atoms with van der Waals surface area (Å²) in [5.74, 6) is -2.54. The fourth-order valence-electron chi connectivity index (χ4n) is 1.66. The fraction of sp³-hybridized carbons (Fsp3) is 0.692. The van der Waals surface area contributed by atoms with Crippen molar-refractivity contribution in [3.8, 4) is 0 Å². The number of nitrogens with two attached hydrogens (primary N) is 1. The summed E-state index contributed by atoms with van der Waals surface area (Å²) in [6.45, 7) is 3.47. The van der Waals surface area contributed by atoms with E-state index in [-0.39, 0.29) is 37.6 Å². The summed E-state index contributed by atoms with van der Waals surface area (Å²) < 4.78 is 0. The average Bonchev–Trinajstić information content (AvgIpc) is 2.35. The molecule has 0 aromatic heterocycles. The Bertz CT molecular complexity index is 397. The Kier molecular flexibility index (Phi) is 8.75. The molecule has 8 nitrogen and oxygen atoms in total. The van der Waals surface area contributed by atoms with E-state index in [0.717, 1.165) is 0 Å². The van der Waals surface area contributed by atoms with Gasteiger partial charge in [-0.15, -0.1) is 0 Å². The molecule has 0 saturated carbocycles. The van der Waals surface area contributed by atoms with Gasteiger partial charge in [-0.1, -0.05) is 6.92 Å². The second-order valence-corrected chi connectivity index (χ2v) is 4.88. The summed E-state index contributed by atoms with van der Waals surface area (Å²) >= 11 is 0. The van der Waals surface area contributed by atoms with Crippen molar-refractivity contribution < 1.29 is 24.3 Å². The van der Waals surface area contributed by atoms with Crippen molar-refractivity contribution in [1.82, 2.24) is 10.6 Å². The minimum Gasteiger partial charge on any atom is -0.481 e. The number of carbonyl (C=O) groups is 4. The monoisotopic (exact) mass is 301 g/mol. The lowest BCUT2D eigenvalue weighted by Gasteiger charge is -2.20. The number of primary amides is 1. The molecule has 8 heteroatoms. The van der Waals surface area contributed by atoms with Gasteiger partial charge in [0.15, 0.2) is 0 Å². The van der Waals surface area contributed by atoms with E-state index in [1.807, 2.05) is 6.92 Å². The first-order valence-electron chi connectivity index (χ1n) is 6.86. The van der Waals surface area contributed by atoms with E-state index in [9.17, 15) is 19.2 Å². The van der Waals surface area contributed by atoms with Crippen LogP contribution in [0.2, 0.25) is 0 Å². The molecule has 0 rings (SSSR count). The highest BCUT2D eigenvalue weighted by Crippen LogP contribution is 2.00. The quantitative estimate of drug-likeness (QED) is 0.431. The van der Waals surface area contributed by atoms with Gasteiger partial charge in [-0.05, 0) is 19.8 Å². The molecule has 2 atom stereocenters. The number of nitrogens with one attached hydrogen (secondary N) is 2. The Morgan fingerprint density at radius 1 is 1.14 bits per heavy atom. The van der Waals surface area contributed by atoms with Gasteiger partial charge in [-0.2, -0.15) is 0 Å². The zero-order valence-electron chi connectivity index (χ0n) is 12.3. The van der Waals surface area contributed by atoms with Gasteiger partial charge >= 0.3 is 5.97 Å². The molecule has 0 aliphatic heterocycles. The molecule has 0 heterocycles. The molecule has 0 spiro atoms. The van der Waals surface area contributed by atoms with Gasteiger partial charge in [0.05, 0.1) is 6.42 Å². The van der Waals surface area contributed by atoms with Crippen LogP contribution in [-0.4, -0.2) is 40.9 Å². The highest BCUT2D eigenvalue weighted by molar-refractivity contribution is 5.91. The zero-order valence-corrected chi connectivity index (χ0v) is 12.3. The molecule has 5 N–H and O–H groups in total. The maximum Gasteiger partial charge on any atom is 0.303 e. The van der Waals surface area contributed by atoms with Crippen molar-refractivity contribution in [3.05, 3.63) is 0 Å². The SMILES string of the molecule is CCCC(=O)NC(CC(N)=O)C(=O)NC(C)CCC(=O)O. The molecule has 0 radical (unpaired) electrons. The lowest BCUT2D eigenvalue weighted by atomic mass is 10.1. The van der Waals surface area contributed by atoms with Crippen LogP contribution < -0.4 is 16.4 Å². The summed E-state index contributed by atoms with van der Waals surface area (Å²) in [5, 5.41) is 13.6. The Morgan fingerprint density at radius 3 is 2.24 bits per heavy atom. The number of carboxylic acids is 1. The van der Waals surface area contributed by atoms with E-state index < -0.39 is 23.8 Å². The number of carboxylic acid groups (broad SMARTS) is 1. The molecule has 120 valence electrons. The minimum atomic E-state index is -1.03. The van der Waals surface area contributed by atoms with Gasteiger partial charge < -0.3 is 21.5 Å². The van der Waals surface area contributed by atoms with Gasteiger partial charge in [0.1, 0.15) is 6.04 Å². The average molecular weight is 301 g/mol. The topological polar surface area (TPSA) is 139 Å². The van der Waals surface area contributed by atoms with Crippen LogP contribution in [-0.2, 0) is 19.2 Å². The summed E-state index contributed by atoms with van der Waals surface area (Å²) in [6, 6.07) is -1.42. The molecular formula is C13H23N3O5. The molecule has 0 fully saturated rings. The van der Waals surface area contributed by atoms with Crippen LogP contribution in [0.1, 0.15) is 46.0 Å². The summed E-state index contributed by atoms with van der Waals surface area (Å²) in [7, 11) is 0. The van der Waals surface area contributed by atoms with E-state index in [4.69, 9.17) is 10.8 Å². The number of carbonyl (C=O) groups excluding carboxylic acids is 3. The summed E-state index contributed by atoms with van der Waals surface area (Å²) in [6.07, 6.45) is 0.743. The molecule has 0 aromatic carbocycles. The highest BCUT2D eigenvalue weighted by Gasteiger charge is 2.23. The first kappa shape index (κ1) is 18.9. The Balaban J connectivity index is 4.52. The van der Waals surface area contributed by atoms with Crippen molar-refractivity contribution in [2.24, 2.45) is 5.73 Å². The van der Waals surface area contributed by atoms with Gasteiger partial charge in [0.25, 0.3) is 0 Å². The normalized spacial score (nSPS) is 13.0. The Labute approximate surface area is 123 Å². The molecule has 0 aliphatic rings. The Hall–Kier alpha value is -2.12. The number of amides is 3. The van der Waals surface area contributed by atoms with E-state index in [2.05, 4.69) is 10.6 Å². The van der Waals surface area contributed by atoms with Crippen LogP contribution >= 0.6 is 0 Å². The minimum absolute atomic E-state index is 0.0792. The highest BCUT2D eigenvalue weighted by atomic mass is 16.4. The molecule has 0 aliphatic carbocycles. The molecule has 0 saturated heterocycles. The zero-order chi connectivity index (χ0) is 16.4. The van der Waals surface area contributed by atoms with Crippen LogP contribution in [0.5, 0.6) is 0 Å². The van der Waals surface area contributed by atoms with Crippen LogP contribution in [0.25, 0.3) is 0 Å². The number of rotatable bonds is 10. The fourth-order valence-corrected chi connectivity index (χ4v) is 1.66. The number of hydrogen-bond donors (Lipinski definition) is 4. The first-order valence-corrected chi connectivity index (χ1v) is 6.86. The van der Waals surface area contributed by atoms with Crippen LogP contribution in [0.15, 0.2) is 0 Å². The van der Waals surface area contributed by atoms with Crippen LogP contribution in [0, 0.1) is 0 Å². The number of hydrogen-bond acceptors (Lipinski definition) is 4. The lowest BCUT2D eigenvalue weighted by Crippen LogP contribution is -2.50.